The van der Waals surface area contributed by atoms with Gasteiger partial charge in [0.2, 0.25) is 0 Å². The molecule has 7 heteroatoms. The van der Waals surface area contributed by atoms with Crippen molar-refractivity contribution in [3.63, 3.8) is 0 Å². The lowest BCUT2D eigenvalue weighted by atomic mass is 10.2. The fourth-order valence-corrected chi connectivity index (χ4v) is 4.58. The summed E-state index contributed by atoms with van der Waals surface area (Å²) in [4.78, 5) is 25.8. The number of rotatable bonds is 8. The van der Waals surface area contributed by atoms with E-state index in [1.165, 1.54) is 6.08 Å². The third kappa shape index (κ3) is 6.29. The molecule has 1 fully saturated rings. The average Bonchev–Trinajstić information content (AvgIpc) is 2.99. The number of esters is 1. The molecule has 1 saturated heterocycles. The molecule has 2 rings (SSSR count). The first-order valence-corrected chi connectivity index (χ1v) is 10.6. The van der Waals surface area contributed by atoms with Gasteiger partial charge in [-0.25, -0.2) is 13.2 Å². The minimum atomic E-state index is -3.08. The summed E-state index contributed by atoms with van der Waals surface area (Å²) in [6.45, 7) is 2.10. The first-order chi connectivity index (χ1) is 12.4. The fourth-order valence-electron chi connectivity index (χ4n) is 2.85. The molecule has 1 heterocycles. The van der Waals surface area contributed by atoms with Crippen LogP contribution >= 0.6 is 0 Å². The predicted molar refractivity (Wildman–Crippen MR) is 100 cm³/mol. The van der Waals surface area contributed by atoms with Gasteiger partial charge in [0.1, 0.15) is 0 Å². The van der Waals surface area contributed by atoms with E-state index in [4.69, 9.17) is 4.74 Å². The van der Waals surface area contributed by atoms with Crippen molar-refractivity contribution in [3.05, 3.63) is 42.0 Å². The second kappa shape index (κ2) is 9.52. The van der Waals surface area contributed by atoms with Crippen LogP contribution in [0.15, 0.2) is 36.4 Å². The Morgan fingerprint density at radius 3 is 2.62 bits per heavy atom. The number of benzene rings is 1. The van der Waals surface area contributed by atoms with Crippen LogP contribution in [0.1, 0.15) is 31.7 Å². The van der Waals surface area contributed by atoms with E-state index in [2.05, 4.69) is 0 Å². The molecule has 1 atom stereocenters. The molecule has 1 aliphatic rings. The number of nitrogens with zero attached hydrogens (tertiary/aromatic N) is 1. The van der Waals surface area contributed by atoms with Crippen molar-refractivity contribution in [1.29, 1.82) is 0 Å². The van der Waals surface area contributed by atoms with E-state index in [1.54, 1.807) is 11.0 Å². The number of carbonyl (C=O) groups is 2. The maximum atomic E-state index is 12.5. The number of hydrogen-bond donors (Lipinski definition) is 0. The molecule has 26 heavy (non-hydrogen) atoms. The van der Waals surface area contributed by atoms with Crippen LogP contribution in [-0.2, 0) is 24.2 Å². The lowest BCUT2D eigenvalue weighted by Gasteiger charge is -2.28. The Balaban J connectivity index is 1.90. The van der Waals surface area contributed by atoms with E-state index in [0.29, 0.717) is 13.0 Å². The van der Waals surface area contributed by atoms with E-state index < -0.39 is 15.8 Å². The normalized spacial score (nSPS) is 18.7. The van der Waals surface area contributed by atoms with Gasteiger partial charge in [-0.2, -0.15) is 0 Å². The monoisotopic (exact) mass is 379 g/mol. The molecule has 6 nitrogen and oxygen atoms in total. The van der Waals surface area contributed by atoms with Crippen molar-refractivity contribution in [2.45, 2.75) is 32.2 Å². The number of amides is 1. The smallest absolute Gasteiger partial charge is 0.331 e. The van der Waals surface area contributed by atoms with Crippen molar-refractivity contribution in [3.8, 4) is 0 Å². The predicted octanol–water partition coefficient (Wildman–Crippen LogP) is 2.06. The summed E-state index contributed by atoms with van der Waals surface area (Å²) in [5, 5.41) is 0. The van der Waals surface area contributed by atoms with Gasteiger partial charge in [0.25, 0.3) is 5.91 Å². The first kappa shape index (κ1) is 20.2. The van der Waals surface area contributed by atoms with Gasteiger partial charge in [-0.1, -0.05) is 43.7 Å². The third-order valence-electron chi connectivity index (χ3n) is 4.27. The fraction of sp³-hybridized carbons (Fsp3) is 0.474. The Labute approximate surface area is 154 Å². The Bertz CT molecular complexity index is 742. The summed E-state index contributed by atoms with van der Waals surface area (Å²) in [5.41, 5.74) is 0.858. The van der Waals surface area contributed by atoms with Crippen LogP contribution in [-0.4, -0.2) is 55.9 Å². The molecule has 142 valence electrons. The zero-order valence-electron chi connectivity index (χ0n) is 15.0. The highest BCUT2D eigenvalue weighted by atomic mass is 32.2. The van der Waals surface area contributed by atoms with E-state index in [0.717, 1.165) is 18.4 Å². The van der Waals surface area contributed by atoms with Crippen LogP contribution in [0.4, 0.5) is 0 Å². The van der Waals surface area contributed by atoms with Gasteiger partial charge in [-0.05, 0) is 24.5 Å². The van der Waals surface area contributed by atoms with Crippen LogP contribution in [0.5, 0.6) is 0 Å². The van der Waals surface area contributed by atoms with Crippen LogP contribution in [0, 0.1) is 0 Å². The van der Waals surface area contributed by atoms with Gasteiger partial charge >= 0.3 is 5.97 Å². The second-order valence-corrected chi connectivity index (χ2v) is 8.58. The maximum absolute atomic E-state index is 12.5. The van der Waals surface area contributed by atoms with E-state index in [-0.39, 0.29) is 30.1 Å². The molecular weight excluding hydrogens is 354 g/mol. The van der Waals surface area contributed by atoms with Gasteiger partial charge in [0, 0.05) is 18.7 Å². The molecule has 1 aliphatic heterocycles. The summed E-state index contributed by atoms with van der Waals surface area (Å²) >= 11 is 0. The third-order valence-corrected chi connectivity index (χ3v) is 6.02. The molecule has 0 bridgehead atoms. The van der Waals surface area contributed by atoms with E-state index in [1.807, 2.05) is 37.3 Å². The topological polar surface area (TPSA) is 80.8 Å². The number of hydrogen-bond acceptors (Lipinski definition) is 5. The number of carbonyl (C=O) groups excluding carboxylic acids is 2. The van der Waals surface area contributed by atoms with Crippen molar-refractivity contribution < 1.29 is 22.7 Å². The molecule has 0 aromatic heterocycles. The molecule has 1 amide bonds. The molecule has 1 unspecified atom stereocenters. The highest BCUT2D eigenvalue weighted by Crippen LogP contribution is 2.18. The van der Waals surface area contributed by atoms with Crippen LogP contribution in [0.3, 0.4) is 0 Å². The Hall–Kier alpha value is -2.15. The zero-order valence-corrected chi connectivity index (χ0v) is 15.8. The quantitative estimate of drug-likeness (QED) is 0.510. The lowest BCUT2D eigenvalue weighted by molar-refractivity contribution is -0.149. The van der Waals surface area contributed by atoms with Gasteiger partial charge in [0.15, 0.2) is 16.4 Å². The number of unbranched alkanes of at least 4 members (excludes halogenated alkanes) is 1. The highest BCUT2D eigenvalue weighted by Gasteiger charge is 2.34. The van der Waals surface area contributed by atoms with Crippen molar-refractivity contribution in [2.75, 3.05) is 24.7 Å². The molecule has 1 aromatic rings. The molecular formula is C19H25NO5S. The molecule has 0 spiro atoms. The van der Waals surface area contributed by atoms with Crippen LogP contribution < -0.4 is 0 Å². The Kier molecular flexibility index (Phi) is 7.38. The average molecular weight is 379 g/mol. The Morgan fingerprint density at radius 2 is 2.00 bits per heavy atom. The summed E-state index contributed by atoms with van der Waals surface area (Å²) in [5.74, 6) is -0.851. The van der Waals surface area contributed by atoms with Crippen molar-refractivity contribution in [2.24, 2.45) is 0 Å². The van der Waals surface area contributed by atoms with Crippen LogP contribution in [0.25, 0.3) is 6.08 Å². The molecule has 0 saturated carbocycles. The first-order valence-electron chi connectivity index (χ1n) is 8.81. The number of ether oxygens (including phenoxy) is 1. The SMILES string of the molecule is CCCCN(C(=O)COC(=O)/C=C/c1ccccc1)C1CCS(=O)(=O)C1. The van der Waals surface area contributed by atoms with Gasteiger partial charge in [-0.15, -0.1) is 0 Å². The second-order valence-electron chi connectivity index (χ2n) is 6.35. The standard InChI is InChI=1S/C19H25NO5S/c1-2-3-12-20(17-11-13-26(23,24)15-17)18(21)14-25-19(22)10-9-16-7-5-4-6-8-16/h4-10,17H,2-3,11-15H2,1H3/b10-9+. The molecule has 0 aliphatic carbocycles. The molecule has 0 radical (unpaired) electrons. The Morgan fingerprint density at radius 1 is 1.27 bits per heavy atom. The molecule has 1 aromatic carbocycles. The summed E-state index contributed by atoms with van der Waals surface area (Å²) < 4.78 is 28.4. The van der Waals surface area contributed by atoms with Crippen LogP contribution in [0.2, 0.25) is 0 Å². The molecule has 0 N–H and O–H groups in total. The van der Waals surface area contributed by atoms with Crippen molar-refractivity contribution in [1.82, 2.24) is 4.90 Å². The summed E-state index contributed by atoms with van der Waals surface area (Å²) in [7, 11) is -3.08. The number of sulfone groups is 1. The largest absolute Gasteiger partial charge is 0.452 e. The van der Waals surface area contributed by atoms with E-state index >= 15 is 0 Å². The zero-order chi connectivity index (χ0) is 19.0. The lowest BCUT2D eigenvalue weighted by Crippen LogP contribution is -2.43. The van der Waals surface area contributed by atoms with Gasteiger partial charge in [0.05, 0.1) is 11.5 Å². The minimum Gasteiger partial charge on any atom is -0.452 e. The summed E-state index contributed by atoms with van der Waals surface area (Å²) in [6.07, 6.45) is 5.01. The highest BCUT2D eigenvalue weighted by molar-refractivity contribution is 7.91. The van der Waals surface area contributed by atoms with E-state index in [9.17, 15) is 18.0 Å². The summed E-state index contributed by atoms with van der Waals surface area (Å²) in [6, 6.07) is 8.97. The van der Waals surface area contributed by atoms with Gasteiger partial charge < -0.3 is 9.64 Å². The maximum Gasteiger partial charge on any atom is 0.331 e. The minimum absolute atomic E-state index is 0.00961. The van der Waals surface area contributed by atoms with Crippen molar-refractivity contribution >= 4 is 27.8 Å². The van der Waals surface area contributed by atoms with Gasteiger partial charge in [-0.3, -0.25) is 4.79 Å².